The minimum atomic E-state index is 0.856. The van der Waals surface area contributed by atoms with Crippen LogP contribution in [-0.2, 0) is 0 Å². The molecule has 0 N–H and O–H groups in total. The van der Waals surface area contributed by atoms with E-state index >= 15 is 0 Å². The molecule has 6 heteroatoms. The summed E-state index contributed by atoms with van der Waals surface area (Å²) in [6.07, 6.45) is 5.96. The Morgan fingerprint density at radius 2 is 1.76 bits per heavy atom. The van der Waals surface area contributed by atoms with Crippen LogP contribution in [0.25, 0.3) is 16.7 Å². The van der Waals surface area contributed by atoms with Crippen molar-refractivity contribution in [3.05, 3.63) is 41.3 Å². The van der Waals surface area contributed by atoms with Crippen molar-refractivity contribution in [1.29, 1.82) is 0 Å². The second-order valence-electron chi connectivity index (χ2n) is 5.16. The molecule has 0 amide bonds. The van der Waals surface area contributed by atoms with Gasteiger partial charge in [0, 0.05) is 17.6 Å². The number of nitrogens with zero attached hydrogens (tertiary/aromatic N) is 5. The first-order valence-electron chi connectivity index (χ1n) is 7.02. The highest BCUT2D eigenvalue weighted by Crippen LogP contribution is 2.27. The van der Waals surface area contributed by atoms with Crippen molar-refractivity contribution in [2.45, 2.75) is 12.8 Å². The summed E-state index contributed by atoms with van der Waals surface area (Å²) >= 11 is 3.45. The average molecular weight is 344 g/mol. The van der Waals surface area contributed by atoms with E-state index in [1.807, 2.05) is 35.1 Å². The molecule has 0 radical (unpaired) electrons. The van der Waals surface area contributed by atoms with Gasteiger partial charge in [-0.1, -0.05) is 15.9 Å². The first-order chi connectivity index (χ1) is 10.3. The molecule has 0 aliphatic carbocycles. The van der Waals surface area contributed by atoms with Crippen LogP contribution < -0.4 is 4.90 Å². The Bertz CT molecular complexity index is 774. The third-order valence-electron chi connectivity index (χ3n) is 3.82. The van der Waals surface area contributed by atoms with Gasteiger partial charge in [0.05, 0.1) is 17.3 Å². The summed E-state index contributed by atoms with van der Waals surface area (Å²) < 4.78 is 2.92. The topological polar surface area (TPSA) is 46.8 Å². The third kappa shape index (κ3) is 2.19. The molecule has 0 unspecified atom stereocenters. The van der Waals surface area contributed by atoms with E-state index in [-0.39, 0.29) is 0 Å². The molecule has 5 nitrogen and oxygen atoms in total. The maximum Gasteiger partial charge on any atom is 0.168 e. The van der Waals surface area contributed by atoms with Crippen LogP contribution in [0, 0.1) is 0 Å². The molecule has 4 rings (SSSR count). The monoisotopic (exact) mass is 343 g/mol. The Labute approximate surface area is 130 Å². The normalized spacial score (nSPS) is 15.0. The highest BCUT2D eigenvalue weighted by Gasteiger charge is 2.18. The molecule has 0 bridgehead atoms. The fourth-order valence-electron chi connectivity index (χ4n) is 2.78. The smallest absolute Gasteiger partial charge is 0.168 e. The van der Waals surface area contributed by atoms with E-state index in [9.17, 15) is 0 Å². The number of aromatic nitrogens is 4. The summed E-state index contributed by atoms with van der Waals surface area (Å²) in [5.41, 5.74) is 1.86. The summed E-state index contributed by atoms with van der Waals surface area (Å²) in [5, 5.41) is 5.52. The molecule has 0 atom stereocenters. The second kappa shape index (κ2) is 5.11. The molecule has 0 saturated carbocycles. The van der Waals surface area contributed by atoms with E-state index in [2.05, 4.69) is 35.9 Å². The number of hydrogen-bond donors (Lipinski definition) is 0. The van der Waals surface area contributed by atoms with Crippen LogP contribution in [0.1, 0.15) is 12.8 Å². The van der Waals surface area contributed by atoms with E-state index < -0.39 is 0 Å². The molecule has 3 heterocycles. The van der Waals surface area contributed by atoms with Crippen LogP contribution in [-0.4, -0.2) is 32.8 Å². The van der Waals surface area contributed by atoms with Crippen molar-refractivity contribution in [2.24, 2.45) is 0 Å². The number of hydrogen-bond acceptors (Lipinski definition) is 4. The van der Waals surface area contributed by atoms with Crippen molar-refractivity contribution in [2.75, 3.05) is 18.0 Å². The van der Waals surface area contributed by atoms with Gasteiger partial charge in [0.15, 0.2) is 5.65 Å². The lowest BCUT2D eigenvalue weighted by molar-refractivity contribution is 0.892. The Balaban J connectivity index is 1.85. The van der Waals surface area contributed by atoms with Gasteiger partial charge in [0.1, 0.15) is 12.1 Å². The maximum absolute atomic E-state index is 4.50. The standard InChI is InChI=1S/C15H14BrN5/c16-11-3-5-12(6-4-11)21-15-13(9-19-21)14(17-10-18-15)20-7-1-2-8-20/h3-6,9-10H,1-2,7-8H2. The van der Waals surface area contributed by atoms with Crippen LogP contribution in [0.5, 0.6) is 0 Å². The predicted octanol–water partition coefficient (Wildman–Crippen LogP) is 3.18. The summed E-state index contributed by atoms with van der Waals surface area (Å²) in [6, 6.07) is 8.05. The molecule has 1 saturated heterocycles. The minimum Gasteiger partial charge on any atom is -0.356 e. The Morgan fingerprint density at radius 1 is 1.00 bits per heavy atom. The van der Waals surface area contributed by atoms with Crippen molar-refractivity contribution in [1.82, 2.24) is 19.7 Å². The first kappa shape index (κ1) is 12.8. The molecule has 1 aliphatic rings. The van der Waals surface area contributed by atoms with Crippen LogP contribution in [0.2, 0.25) is 0 Å². The number of halogens is 1. The molecule has 21 heavy (non-hydrogen) atoms. The molecular weight excluding hydrogens is 330 g/mol. The van der Waals surface area contributed by atoms with Crippen molar-refractivity contribution in [3.8, 4) is 5.69 Å². The molecule has 3 aromatic rings. The van der Waals surface area contributed by atoms with E-state index in [1.165, 1.54) is 12.8 Å². The van der Waals surface area contributed by atoms with Crippen molar-refractivity contribution < 1.29 is 0 Å². The van der Waals surface area contributed by atoms with Crippen LogP contribution in [0.3, 0.4) is 0 Å². The van der Waals surface area contributed by atoms with E-state index in [4.69, 9.17) is 0 Å². The van der Waals surface area contributed by atoms with E-state index in [1.54, 1.807) is 6.33 Å². The predicted molar refractivity (Wildman–Crippen MR) is 85.8 cm³/mol. The largest absolute Gasteiger partial charge is 0.356 e. The average Bonchev–Trinajstić information content (AvgIpc) is 3.17. The van der Waals surface area contributed by atoms with Crippen molar-refractivity contribution in [3.63, 3.8) is 0 Å². The Morgan fingerprint density at radius 3 is 2.52 bits per heavy atom. The number of anilines is 1. The lowest BCUT2D eigenvalue weighted by Crippen LogP contribution is -2.19. The summed E-state index contributed by atoms with van der Waals surface area (Å²) in [7, 11) is 0. The SMILES string of the molecule is Brc1ccc(-n2ncc3c(N4CCCC4)ncnc32)cc1. The van der Waals surface area contributed by atoms with Gasteiger partial charge in [-0.3, -0.25) is 0 Å². The molecule has 0 spiro atoms. The van der Waals surface area contributed by atoms with Crippen LogP contribution in [0.4, 0.5) is 5.82 Å². The van der Waals surface area contributed by atoms with Crippen LogP contribution in [0.15, 0.2) is 41.3 Å². The third-order valence-corrected chi connectivity index (χ3v) is 4.35. The molecule has 106 valence electrons. The number of fused-ring (bicyclic) bond motifs is 1. The van der Waals surface area contributed by atoms with E-state index in [0.29, 0.717) is 0 Å². The van der Waals surface area contributed by atoms with Gasteiger partial charge in [-0.25, -0.2) is 14.6 Å². The lowest BCUT2D eigenvalue weighted by Gasteiger charge is -2.16. The number of benzene rings is 1. The van der Waals surface area contributed by atoms with Gasteiger partial charge in [0.2, 0.25) is 0 Å². The molecule has 1 fully saturated rings. The zero-order valence-electron chi connectivity index (χ0n) is 11.4. The molecule has 1 aromatic carbocycles. The maximum atomic E-state index is 4.50. The van der Waals surface area contributed by atoms with Crippen molar-refractivity contribution >= 4 is 32.8 Å². The van der Waals surface area contributed by atoms with E-state index in [0.717, 1.165) is 40.1 Å². The minimum absolute atomic E-state index is 0.856. The fraction of sp³-hybridized carbons (Fsp3) is 0.267. The summed E-state index contributed by atoms with van der Waals surface area (Å²) in [4.78, 5) is 11.2. The summed E-state index contributed by atoms with van der Waals surface area (Å²) in [6.45, 7) is 2.13. The van der Waals surface area contributed by atoms with Gasteiger partial charge < -0.3 is 4.90 Å². The zero-order valence-corrected chi connectivity index (χ0v) is 13.0. The Hall–Kier alpha value is -1.95. The molecular formula is C15H14BrN5. The zero-order chi connectivity index (χ0) is 14.2. The molecule has 2 aromatic heterocycles. The van der Waals surface area contributed by atoms with Gasteiger partial charge in [-0.15, -0.1) is 0 Å². The molecule has 1 aliphatic heterocycles. The highest BCUT2D eigenvalue weighted by atomic mass is 79.9. The van der Waals surface area contributed by atoms with Gasteiger partial charge in [0.25, 0.3) is 0 Å². The quantitative estimate of drug-likeness (QED) is 0.716. The van der Waals surface area contributed by atoms with Gasteiger partial charge in [-0.2, -0.15) is 5.10 Å². The van der Waals surface area contributed by atoms with Gasteiger partial charge >= 0.3 is 0 Å². The van der Waals surface area contributed by atoms with Gasteiger partial charge in [-0.05, 0) is 37.1 Å². The lowest BCUT2D eigenvalue weighted by atomic mass is 10.3. The Kier molecular flexibility index (Phi) is 3.11. The highest BCUT2D eigenvalue weighted by molar-refractivity contribution is 9.10. The number of rotatable bonds is 2. The summed E-state index contributed by atoms with van der Waals surface area (Å²) in [5.74, 6) is 1.00. The fourth-order valence-corrected chi connectivity index (χ4v) is 3.05. The first-order valence-corrected chi connectivity index (χ1v) is 7.82. The van der Waals surface area contributed by atoms with Crippen LogP contribution >= 0.6 is 15.9 Å². The second-order valence-corrected chi connectivity index (χ2v) is 6.08.